The number of nitrogens with one attached hydrogen (secondary N) is 1. The molecule has 0 bridgehead atoms. The first-order chi connectivity index (χ1) is 20.6. The molecule has 0 aliphatic carbocycles. The van der Waals surface area contributed by atoms with Crippen LogP contribution in [-0.2, 0) is 33.3 Å². The molecule has 0 aromatic carbocycles. The summed E-state index contributed by atoms with van der Waals surface area (Å²) in [6.45, 7) is -4.00. The highest BCUT2D eigenvalue weighted by atomic mass is 16.8. The highest BCUT2D eigenvalue weighted by Gasteiger charge is 2.57. The Balaban J connectivity index is 1.82. The van der Waals surface area contributed by atoms with Crippen molar-refractivity contribution in [3.8, 4) is 0 Å². The number of ether oxygens (including phenoxy) is 5. The minimum atomic E-state index is -2.89. The van der Waals surface area contributed by atoms with Gasteiger partial charge < -0.3 is 95.4 Å². The fourth-order valence-electron chi connectivity index (χ4n) is 5.05. The van der Waals surface area contributed by atoms with Crippen LogP contribution in [0.25, 0.3) is 0 Å². The van der Waals surface area contributed by atoms with Crippen LogP contribution in [0.1, 0.15) is 6.42 Å². The first-order valence-corrected chi connectivity index (χ1v) is 13.4. The normalized spacial score (nSPS) is 44.5. The van der Waals surface area contributed by atoms with Crippen molar-refractivity contribution in [2.75, 3.05) is 26.4 Å². The maximum atomic E-state index is 12.4. The van der Waals surface area contributed by atoms with E-state index in [1.54, 1.807) is 0 Å². The summed E-state index contributed by atoms with van der Waals surface area (Å²) in [6.07, 6.45) is -27.6. The molecular weight excluding hydrogens is 610 g/mol. The van der Waals surface area contributed by atoms with Gasteiger partial charge in [0.15, 0.2) is 12.6 Å². The Morgan fingerprint density at radius 1 is 0.886 bits per heavy atom. The molecule has 3 saturated heterocycles. The minimum Gasteiger partial charge on any atom is -0.477 e. The number of hydrogen-bond acceptors (Lipinski definition) is 19. The third kappa shape index (κ3) is 7.62. The molecule has 3 aliphatic rings. The zero-order valence-electron chi connectivity index (χ0n) is 22.9. The fraction of sp³-hybridized carbons (Fsp3) is 0.913. The van der Waals surface area contributed by atoms with Crippen molar-refractivity contribution >= 4 is 11.9 Å². The number of amides is 1. The Morgan fingerprint density at radius 2 is 1.55 bits per heavy atom. The van der Waals surface area contributed by atoms with Crippen LogP contribution in [0.15, 0.2) is 0 Å². The van der Waals surface area contributed by atoms with Gasteiger partial charge in [-0.25, -0.2) is 4.79 Å². The van der Waals surface area contributed by atoms with E-state index in [1.165, 1.54) is 0 Å². The average Bonchev–Trinajstić information content (AvgIpc) is 3.00. The molecule has 16 atom stereocenters. The summed E-state index contributed by atoms with van der Waals surface area (Å²) in [5.74, 6) is -5.89. The Kier molecular flexibility index (Phi) is 12.7. The quantitative estimate of drug-likeness (QED) is 0.0932. The van der Waals surface area contributed by atoms with Gasteiger partial charge in [0.05, 0.1) is 32.0 Å². The Morgan fingerprint density at radius 3 is 2.11 bits per heavy atom. The largest absolute Gasteiger partial charge is 0.477 e. The summed E-state index contributed by atoms with van der Waals surface area (Å²) >= 11 is 0. The number of aliphatic carboxylic acids is 1. The zero-order chi connectivity index (χ0) is 33.1. The lowest BCUT2D eigenvalue weighted by Gasteiger charge is -2.48. The van der Waals surface area contributed by atoms with E-state index in [1.807, 2.05) is 0 Å². The molecule has 21 heteroatoms. The van der Waals surface area contributed by atoms with Gasteiger partial charge in [-0.3, -0.25) is 4.79 Å². The highest BCUT2D eigenvalue weighted by Crippen LogP contribution is 2.35. The molecule has 21 nitrogen and oxygen atoms in total. The maximum absolute atomic E-state index is 12.4. The highest BCUT2D eigenvalue weighted by molar-refractivity contribution is 5.78. The van der Waals surface area contributed by atoms with E-state index >= 15 is 0 Å². The van der Waals surface area contributed by atoms with E-state index in [0.29, 0.717) is 0 Å². The zero-order valence-corrected chi connectivity index (χ0v) is 22.9. The molecule has 3 aliphatic heterocycles. The monoisotopic (exact) mass is 649 g/mol. The number of hydrogen-bond donors (Lipinski definition) is 14. The van der Waals surface area contributed by atoms with Crippen molar-refractivity contribution in [1.29, 1.82) is 0 Å². The number of carbonyl (C=O) groups excluding carboxylic acids is 1. The molecule has 3 heterocycles. The van der Waals surface area contributed by atoms with Crippen molar-refractivity contribution in [3.63, 3.8) is 0 Å². The maximum Gasteiger partial charge on any atom is 0.364 e. The molecule has 14 N–H and O–H groups in total. The molecule has 1 unspecified atom stereocenters. The van der Waals surface area contributed by atoms with Gasteiger partial charge in [-0.15, -0.1) is 0 Å². The Bertz CT molecular complexity index is 959. The molecular formula is C23H39NO20. The Hall–Kier alpha value is -1.74. The van der Waals surface area contributed by atoms with Gasteiger partial charge in [-0.2, -0.15) is 0 Å². The van der Waals surface area contributed by atoms with Gasteiger partial charge in [-0.1, -0.05) is 0 Å². The van der Waals surface area contributed by atoms with Crippen molar-refractivity contribution < 1.29 is 99.7 Å². The molecule has 256 valence electrons. The van der Waals surface area contributed by atoms with E-state index in [9.17, 15) is 70.9 Å². The SMILES string of the molecule is O=C(CO)N[C@H]1[C@H]([C@H](O)[C@H](O)CO)O[C@@](OC[C@H]2O[C@@H](O[C@H]3[C@H](O)[C@@H](O)C(O)O[C@@H]3CO)[C@H](O)[C@@H](O)[C@H]2O)(C(=O)O)C[C@@H]1O. The molecule has 3 fully saturated rings. The lowest BCUT2D eigenvalue weighted by atomic mass is 9.88. The minimum absolute atomic E-state index is 0.857. The second-order valence-electron chi connectivity index (χ2n) is 10.6. The lowest BCUT2D eigenvalue weighted by molar-refractivity contribution is -0.364. The predicted molar refractivity (Wildman–Crippen MR) is 131 cm³/mol. The fourth-order valence-corrected chi connectivity index (χ4v) is 5.05. The molecule has 0 spiro atoms. The van der Waals surface area contributed by atoms with Gasteiger partial charge in [0.25, 0.3) is 5.79 Å². The number of carboxylic acids is 1. The summed E-state index contributed by atoms with van der Waals surface area (Å²) in [6, 6.07) is -1.63. The molecule has 44 heavy (non-hydrogen) atoms. The second kappa shape index (κ2) is 15.2. The number of aliphatic hydroxyl groups is 12. The number of aliphatic hydroxyl groups excluding tert-OH is 12. The van der Waals surface area contributed by atoms with E-state index in [0.717, 1.165) is 0 Å². The average molecular weight is 650 g/mol. The molecule has 0 saturated carbocycles. The van der Waals surface area contributed by atoms with Gasteiger partial charge in [-0.05, 0) is 0 Å². The van der Waals surface area contributed by atoms with Crippen LogP contribution in [0, 0.1) is 0 Å². The number of carboxylic acid groups (broad SMARTS) is 1. The second-order valence-corrected chi connectivity index (χ2v) is 10.6. The van der Waals surface area contributed by atoms with Crippen LogP contribution in [0.5, 0.6) is 0 Å². The van der Waals surface area contributed by atoms with Gasteiger partial charge in [0.2, 0.25) is 5.91 Å². The van der Waals surface area contributed by atoms with Crippen LogP contribution in [0.4, 0.5) is 0 Å². The van der Waals surface area contributed by atoms with Crippen molar-refractivity contribution in [3.05, 3.63) is 0 Å². The van der Waals surface area contributed by atoms with E-state index in [2.05, 4.69) is 5.32 Å². The smallest absolute Gasteiger partial charge is 0.364 e. The topological polar surface area (TPSA) is 355 Å². The summed E-state index contributed by atoms with van der Waals surface area (Å²) in [5.41, 5.74) is 0. The summed E-state index contributed by atoms with van der Waals surface area (Å²) < 4.78 is 26.6. The third-order valence-electron chi connectivity index (χ3n) is 7.57. The molecule has 0 aromatic rings. The summed E-state index contributed by atoms with van der Waals surface area (Å²) in [4.78, 5) is 24.2. The number of rotatable bonds is 12. The van der Waals surface area contributed by atoms with Crippen LogP contribution in [0.2, 0.25) is 0 Å². The summed E-state index contributed by atoms with van der Waals surface area (Å²) in [7, 11) is 0. The van der Waals surface area contributed by atoms with Crippen molar-refractivity contribution in [2.24, 2.45) is 0 Å². The van der Waals surface area contributed by atoms with Crippen LogP contribution >= 0.6 is 0 Å². The number of carbonyl (C=O) groups is 2. The van der Waals surface area contributed by atoms with E-state index in [4.69, 9.17) is 28.8 Å². The first-order valence-electron chi connectivity index (χ1n) is 13.4. The van der Waals surface area contributed by atoms with E-state index < -0.39 is 142 Å². The molecule has 3 rings (SSSR count). The Labute approximate surface area is 248 Å². The molecule has 0 radical (unpaired) electrons. The van der Waals surface area contributed by atoms with Crippen LogP contribution in [-0.4, -0.2) is 202 Å². The molecule has 1 amide bonds. The lowest BCUT2D eigenvalue weighted by Crippen LogP contribution is -2.69. The van der Waals surface area contributed by atoms with Crippen molar-refractivity contribution in [1.82, 2.24) is 5.32 Å². The van der Waals surface area contributed by atoms with Crippen LogP contribution in [0.3, 0.4) is 0 Å². The molecule has 0 aromatic heterocycles. The van der Waals surface area contributed by atoms with Gasteiger partial charge in [0.1, 0.15) is 73.8 Å². The first kappa shape index (κ1) is 36.7. The predicted octanol–water partition coefficient (Wildman–Crippen LogP) is -9.25. The standard InChI is InChI=1S/C23H39NO20/c25-2-7(29)12(31)19-11(24-10(30)4-27)6(28)1-23(44-19,22(38)39)40-5-9-13(32)14(33)17(36)21(42-9)43-18-8(3-26)41-20(37)16(35)15(18)34/h6-9,11-21,25-29,31-37H,1-5H2,(H,24,30)(H,38,39)/t6-,7+,8+,9+,11+,12+,13-,14-,15+,16+,17+,18+,19+,20?,21-,23+/m0/s1. The summed E-state index contributed by atoms with van der Waals surface area (Å²) in [5, 5.41) is 132. The third-order valence-corrected chi connectivity index (χ3v) is 7.57. The van der Waals surface area contributed by atoms with Crippen molar-refractivity contribution in [2.45, 2.75) is 104 Å². The van der Waals surface area contributed by atoms with Gasteiger partial charge >= 0.3 is 5.97 Å². The van der Waals surface area contributed by atoms with Crippen LogP contribution < -0.4 is 5.32 Å². The van der Waals surface area contributed by atoms with Gasteiger partial charge in [0, 0.05) is 6.42 Å². The van der Waals surface area contributed by atoms with E-state index in [-0.39, 0.29) is 0 Å².